The Morgan fingerprint density at radius 3 is 2.23 bits per heavy atom. The lowest BCUT2D eigenvalue weighted by Gasteiger charge is -2.23. The zero-order valence-corrected chi connectivity index (χ0v) is 18.2. The molecule has 1 aliphatic rings. The fraction of sp³-hybridized carbons (Fsp3) is 0.417. The fourth-order valence-corrected chi connectivity index (χ4v) is 3.45. The Hall–Kier alpha value is -2.86. The van der Waals surface area contributed by atoms with Crippen LogP contribution in [0.3, 0.4) is 0 Å². The summed E-state index contributed by atoms with van der Waals surface area (Å²) in [4.78, 5) is 26.4. The number of nitrogens with one attached hydrogen (secondary N) is 1. The molecule has 0 aliphatic carbocycles. The van der Waals surface area contributed by atoms with E-state index in [1.807, 2.05) is 55.5 Å². The minimum Gasteiger partial charge on any atom is -0.491 e. The lowest BCUT2D eigenvalue weighted by Crippen LogP contribution is -2.42. The van der Waals surface area contributed by atoms with Gasteiger partial charge < -0.3 is 15.2 Å². The number of aliphatic hydroxyl groups is 1. The minimum atomic E-state index is -1.14. The molecule has 0 bridgehead atoms. The molecule has 2 atom stereocenters. The molecule has 0 saturated carbocycles. The zero-order valence-electron chi connectivity index (χ0n) is 18.2. The highest BCUT2D eigenvalue weighted by molar-refractivity contribution is 6.07. The molecular formula is C24H30N2O4. The number of imide groups is 1. The van der Waals surface area contributed by atoms with Gasteiger partial charge in [-0.15, -0.1) is 0 Å². The molecule has 6 heteroatoms. The van der Waals surface area contributed by atoms with Gasteiger partial charge in [-0.1, -0.05) is 62.7 Å². The van der Waals surface area contributed by atoms with E-state index in [2.05, 4.69) is 26.1 Å². The third-order valence-electron chi connectivity index (χ3n) is 5.46. The van der Waals surface area contributed by atoms with E-state index < -0.39 is 17.7 Å². The van der Waals surface area contributed by atoms with Gasteiger partial charge in [0.25, 0.3) is 5.91 Å². The van der Waals surface area contributed by atoms with Crippen LogP contribution in [0.2, 0.25) is 0 Å². The summed E-state index contributed by atoms with van der Waals surface area (Å²) in [6.45, 7) is 9.89. The average Bonchev–Trinajstić information content (AvgIpc) is 2.90. The largest absolute Gasteiger partial charge is 0.491 e. The van der Waals surface area contributed by atoms with E-state index >= 15 is 0 Å². The highest BCUT2D eigenvalue weighted by atomic mass is 16.5. The van der Waals surface area contributed by atoms with Gasteiger partial charge in [0.05, 0.1) is 6.54 Å². The summed E-state index contributed by atoms with van der Waals surface area (Å²) < 4.78 is 5.65. The molecule has 160 valence electrons. The van der Waals surface area contributed by atoms with E-state index in [4.69, 9.17) is 4.74 Å². The standard InChI is InChI=1S/C24H30N2O4/c1-16-6-8-18(9-7-16)24(5)21(28)26(22(29)25-24)14-19(27)15-30-20-12-10-17(11-13-20)23(2,3)4/h6-13,19,27H,14-15H2,1-5H3,(H,25,29)/t19-,24-/m0/s1. The van der Waals surface area contributed by atoms with Crippen molar-refractivity contribution in [3.63, 3.8) is 0 Å². The number of aryl methyl sites for hydroxylation is 1. The fourth-order valence-electron chi connectivity index (χ4n) is 3.45. The van der Waals surface area contributed by atoms with Crippen LogP contribution in [0.5, 0.6) is 5.75 Å². The second-order valence-electron chi connectivity index (χ2n) is 9.08. The number of benzene rings is 2. The minimum absolute atomic E-state index is 0.0207. The number of carbonyl (C=O) groups excluding carboxylic acids is 2. The van der Waals surface area contributed by atoms with Crippen LogP contribution in [0.15, 0.2) is 48.5 Å². The van der Waals surface area contributed by atoms with Crippen LogP contribution >= 0.6 is 0 Å². The number of rotatable bonds is 6. The predicted molar refractivity (Wildman–Crippen MR) is 115 cm³/mol. The Labute approximate surface area is 177 Å². The van der Waals surface area contributed by atoms with Gasteiger partial charge in [0.15, 0.2) is 0 Å². The molecule has 0 spiro atoms. The quantitative estimate of drug-likeness (QED) is 0.715. The molecule has 0 radical (unpaired) electrons. The average molecular weight is 411 g/mol. The van der Waals surface area contributed by atoms with Crippen molar-refractivity contribution in [3.05, 3.63) is 65.2 Å². The van der Waals surface area contributed by atoms with Crippen molar-refractivity contribution in [2.24, 2.45) is 0 Å². The first kappa shape index (κ1) is 21.8. The maximum Gasteiger partial charge on any atom is 0.325 e. The van der Waals surface area contributed by atoms with Crippen LogP contribution in [0.4, 0.5) is 4.79 Å². The van der Waals surface area contributed by atoms with Crippen LogP contribution in [-0.4, -0.2) is 41.2 Å². The van der Waals surface area contributed by atoms with E-state index in [-0.39, 0.29) is 24.5 Å². The van der Waals surface area contributed by atoms with Gasteiger partial charge in [-0.2, -0.15) is 0 Å². The van der Waals surface area contributed by atoms with Crippen LogP contribution in [0, 0.1) is 6.92 Å². The molecular weight excluding hydrogens is 380 g/mol. The van der Waals surface area contributed by atoms with Crippen molar-refractivity contribution in [2.75, 3.05) is 13.2 Å². The summed E-state index contributed by atoms with van der Waals surface area (Å²) >= 11 is 0. The molecule has 1 aliphatic heterocycles. The Balaban J connectivity index is 1.61. The summed E-state index contributed by atoms with van der Waals surface area (Å²) in [5.74, 6) is 0.244. The number of ether oxygens (including phenoxy) is 1. The number of hydrogen-bond acceptors (Lipinski definition) is 4. The monoisotopic (exact) mass is 410 g/mol. The first-order valence-electron chi connectivity index (χ1n) is 10.1. The lowest BCUT2D eigenvalue weighted by atomic mass is 9.87. The zero-order chi connectivity index (χ0) is 22.1. The summed E-state index contributed by atoms with van der Waals surface area (Å²) in [5.41, 5.74) is 1.86. The molecule has 2 N–H and O–H groups in total. The number of amides is 3. The van der Waals surface area contributed by atoms with Crippen molar-refractivity contribution in [1.29, 1.82) is 0 Å². The molecule has 2 aromatic rings. The van der Waals surface area contributed by atoms with E-state index in [1.54, 1.807) is 6.92 Å². The molecule has 3 rings (SSSR count). The maximum atomic E-state index is 13.0. The van der Waals surface area contributed by atoms with Gasteiger partial charge in [-0.05, 0) is 42.5 Å². The van der Waals surface area contributed by atoms with Gasteiger partial charge in [-0.3, -0.25) is 9.69 Å². The smallest absolute Gasteiger partial charge is 0.325 e. The molecule has 0 aromatic heterocycles. The molecule has 3 amide bonds. The van der Waals surface area contributed by atoms with E-state index in [1.165, 1.54) is 5.56 Å². The van der Waals surface area contributed by atoms with E-state index in [9.17, 15) is 14.7 Å². The maximum absolute atomic E-state index is 13.0. The first-order chi connectivity index (χ1) is 14.0. The molecule has 1 saturated heterocycles. The van der Waals surface area contributed by atoms with Crippen molar-refractivity contribution in [2.45, 2.75) is 51.7 Å². The normalized spacial score (nSPS) is 20.3. The summed E-state index contributed by atoms with van der Waals surface area (Å²) in [6.07, 6.45) is -0.998. The number of hydrogen-bond donors (Lipinski definition) is 2. The molecule has 2 aromatic carbocycles. The number of β-amino-alcohol motifs (C(OH)–C–C–N with tert-alkyl or cyclic N) is 1. The van der Waals surface area contributed by atoms with Gasteiger partial charge >= 0.3 is 6.03 Å². The Morgan fingerprint density at radius 2 is 1.67 bits per heavy atom. The Morgan fingerprint density at radius 1 is 1.07 bits per heavy atom. The van der Waals surface area contributed by atoms with E-state index in [0.29, 0.717) is 11.3 Å². The molecule has 1 heterocycles. The van der Waals surface area contributed by atoms with Crippen molar-refractivity contribution >= 4 is 11.9 Å². The van der Waals surface area contributed by atoms with Crippen LogP contribution in [0.1, 0.15) is 44.4 Å². The molecule has 6 nitrogen and oxygen atoms in total. The SMILES string of the molecule is Cc1ccc([C@]2(C)NC(=O)N(C[C@H](O)COc3ccc(C(C)(C)C)cc3)C2=O)cc1. The Bertz CT molecular complexity index is 916. The first-order valence-corrected chi connectivity index (χ1v) is 10.1. The topological polar surface area (TPSA) is 78.9 Å². The molecule has 30 heavy (non-hydrogen) atoms. The third-order valence-corrected chi connectivity index (χ3v) is 5.46. The summed E-state index contributed by atoms with van der Waals surface area (Å²) in [6, 6.07) is 14.6. The second kappa shape index (κ2) is 8.11. The predicted octanol–water partition coefficient (Wildman–Crippen LogP) is 3.50. The van der Waals surface area contributed by atoms with Crippen LogP contribution in [0.25, 0.3) is 0 Å². The summed E-state index contributed by atoms with van der Waals surface area (Å²) in [7, 11) is 0. The number of aliphatic hydroxyl groups excluding tert-OH is 1. The van der Waals surface area contributed by atoms with Gasteiger partial charge in [0.2, 0.25) is 0 Å². The van der Waals surface area contributed by atoms with Gasteiger partial charge in [0.1, 0.15) is 24.0 Å². The van der Waals surface area contributed by atoms with Gasteiger partial charge in [0, 0.05) is 0 Å². The highest BCUT2D eigenvalue weighted by Crippen LogP contribution is 2.29. The molecule has 0 unspecified atom stereocenters. The highest BCUT2D eigenvalue weighted by Gasteiger charge is 2.49. The lowest BCUT2D eigenvalue weighted by molar-refractivity contribution is -0.132. The van der Waals surface area contributed by atoms with Crippen LogP contribution in [-0.2, 0) is 15.7 Å². The van der Waals surface area contributed by atoms with Crippen molar-refractivity contribution in [1.82, 2.24) is 10.2 Å². The van der Waals surface area contributed by atoms with Gasteiger partial charge in [-0.25, -0.2) is 4.79 Å². The van der Waals surface area contributed by atoms with E-state index in [0.717, 1.165) is 10.5 Å². The van der Waals surface area contributed by atoms with Crippen molar-refractivity contribution < 1.29 is 19.4 Å². The third kappa shape index (κ3) is 4.49. The molecule has 1 fully saturated rings. The van der Waals surface area contributed by atoms with Crippen LogP contribution < -0.4 is 10.1 Å². The van der Waals surface area contributed by atoms with Crippen molar-refractivity contribution in [3.8, 4) is 5.75 Å². The Kier molecular flexibility index (Phi) is 5.90. The number of carbonyl (C=O) groups is 2. The number of urea groups is 1. The summed E-state index contributed by atoms with van der Waals surface area (Å²) in [5, 5.41) is 13.1. The second-order valence-corrected chi connectivity index (χ2v) is 9.08. The number of nitrogens with zero attached hydrogens (tertiary/aromatic N) is 1.